The van der Waals surface area contributed by atoms with Gasteiger partial charge in [0.05, 0.1) is 6.54 Å². The number of imidazole rings is 1. The van der Waals surface area contributed by atoms with Crippen molar-refractivity contribution >= 4 is 5.78 Å². The van der Waals surface area contributed by atoms with Crippen LogP contribution in [-0.4, -0.2) is 10.4 Å². The molecule has 1 aromatic rings. The van der Waals surface area contributed by atoms with Crippen molar-refractivity contribution in [2.75, 3.05) is 0 Å². The molecule has 0 saturated carbocycles. The SMILES string of the molecule is CCCCCCCCCCCCC#CC#CCCCCCCCCC(=O)CCCC[n+]1ccn(CC#N)c1. The summed E-state index contributed by atoms with van der Waals surface area (Å²) < 4.78 is 3.95. The molecule has 0 saturated heterocycles. The second-order valence-corrected chi connectivity index (χ2v) is 10.6. The molecule has 4 heteroatoms. The van der Waals surface area contributed by atoms with Gasteiger partial charge in [0.1, 0.15) is 24.2 Å². The summed E-state index contributed by atoms with van der Waals surface area (Å²) >= 11 is 0. The zero-order valence-corrected chi connectivity index (χ0v) is 24.5. The molecular weight excluding hydrogens is 466 g/mol. The highest BCUT2D eigenvalue weighted by Crippen LogP contribution is 2.12. The summed E-state index contributed by atoms with van der Waals surface area (Å²) in [6, 6.07) is 2.14. The van der Waals surface area contributed by atoms with Crippen LogP contribution in [-0.2, 0) is 17.9 Å². The Hall–Kier alpha value is -2.51. The first kappa shape index (κ1) is 33.5. The first-order valence-corrected chi connectivity index (χ1v) is 15.7. The van der Waals surface area contributed by atoms with Crippen LogP contribution in [0.2, 0.25) is 0 Å². The number of aryl methyl sites for hydroxylation is 1. The molecule has 0 atom stereocenters. The van der Waals surface area contributed by atoms with Gasteiger partial charge < -0.3 is 0 Å². The van der Waals surface area contributed by atoms with E-state index >= 15 is 0 Å². The standard InChI is InChI=1S/C34H54N3O/c1-2-3-4-5-6-7-8-9-10-11-12-13-14-15-16-17-18-19-20-21-22-23-26-34(38)27-24-25-29-36-31-32-37(33-36)30-28-35/h31-33H,2-12,17-27,29-30H2,1H3/q+1. The number of ketones is 1. The number of rotatable bonds is 24. The van der Waals surface area contributed by atoms with Gasteiger partial charge in [-0.15, -0.1) is 0 Å². The highest BCUT2D eigenvalue weighted by atomic mass is 16.1. The van der Waals surface area contributed by atoms with Crippen molar-refractivity contribution in [2.45, 2.75) is 161 Å². The van der Waals surface area contributed by atoms with E-state index in [2.05, 4.69) is 41.2 Å². The Bertz CT molecular complexity index is 871. The lowest BCUT2D eigenvalue weighted by atomic mass is 10.0. The van der Waals surface area contributed by atoms with E-state index in [4.69, 9.17) is 5.26 Å². The molecule has 0 spiro atoms. The van der Waals surface area contributed by atoms with Crippen LogP contribution in [0.4, 0.5) is 0 Å². The van der Waals surface area contributed by atoms with E-state index < -0.39 is 0 Å². The van der Waals surface area contributed by atoms with Crippen LogP contribution < -0.4 is 4.57 Å². The quantitative estimate of drug-likeness (QED) is 0.0779. The fourth-order valence-electron chi connectivity index (χ4n) is 4.64. The molecule has 0 N–H and O–H groups in total. The monoisotopic (exact) mass is 520 g/mol. The molecule has 0 aliphatic heterocycles. The smallest absolute Gasteiger partial charge is 0.244 e. The van der Waals surface area contributed by atoms with E-state index in [0.717, 1.165) is 57.9 Å². The Kier molecular flexibility index (Phi) is 23.0. The summed E-state index contributed by atoms with van der Waals surface area (Å²) in [5.41, 5.74) is 0. The molecule has 0 fully saturated rings. The fraction of sp³-hybridized carbons (Fsp3) is 0.735. The molecule has 0 unspecified atom stereocenters. The Labute approximate surface area is 234 Å². The number of carbonyl (C=O) groups is 1. The first-order valence-electron chi connectivity index (χ1n) is 15.7. The first-order chi connectivity index (χ1) is 18.8. The van der Waals surface area contributed by atoms with Crippen LogP contribution in [0.3, 0.4) is 0 Å². The largest absolute Gasteiger partial charge is 0.300 e. The highest BCUT2D eigenvalue weighted by Gasteiger charge is 2.05. The Morgan fingerprint density at radius 1 is 0.711 bits per heavy atom. The van der Waals surface area contributed by atoms with Crippen molar-refractivity contribution in [3.63, 3.8) is 0 Å². The van der Waals surface area contributed by atoms with Crippen LogP contribution in [0.25, 0.3) is 0 Å². The molecule has 4 nitrogen and oxygen atoms in total. The third-order valence-electron chi connectivity index (χ3n) is 7.02. The van der Waals surface area contributed by atoms with Gasteiger partial charge in [-0.2, -0.15) is 5.26 Å². The van der Waals surface area contributed by atoms with E-state index in [-0.39, 0.29) is 0 Å². The number of hydrogen-bond donors (Lipinski definition) is 0. The van der Waals surface area contributed by atoms with Crippen LogP contribution in [0.1, 0.15) is 148 Å². The van der Waals surface area contributed by atoms with Crippen molar-refractivity contribution in [1.29, 1.82) is 5.26 Å². The molecule has 0 aliphatic rings. The highest BCUT2D eigenvalue weighted by molar-refractivity contribution is 5.78. The molecule has 1 rings (SSSR count). The van der Waals surface area contributed by atoms with E-state index in [9.17, 15) is 4.79 Å². The van der Waals surface area contributed by atoms with Gasteiger partial charge in [-0.05, 0) is 43.9 Å². The normalized spacial score (nSPS) is 10.3. The number of Topliss-reactive ketones (excluding diaryl/α,β-unsaturated/α-hetero) is 1. The second-order valence-electron chi connectivity index (χ2n) is 10.6. The lowest BCUT2D eigenvalue weighted by Gasteiger charge is -2.02. The predicted molar refractivity (Wildman–Crippen MR) is 158 cm³/mol. The maximum Gasteiger partial charge on any atom is 0.244 e. The van der Waals surface area contributed by atoms with E-state index in [1.165, 1.54) is 83.5 Å². The van der Waals surface area contributed by atoms with Gasteiger partial charge in [0.25, 0.3) is 0 Å². The maximum absolute atomic E-state index is 12.1. The van der Waals surface area contributed by atoms with E-state index in [0.29, 0.717) is 18.7 Å². The average Bonchev–Trinajstić information content (AvgIpc) is 3.37. The molecule has 0 aliphatic carbocycles. The topological polar surface area (TPSA) is 49.7 Å². The summed E-state index contributed by atoms with van der Waals surface area (Å²) in [6.45, 7) is 3.56. The van der Waals surface area contributed by atoms with Crippen molar-refractivity contribution in [3.05, 3.63) is 18.7 Å². The Morgan fingerprint density at radius 2 is 1.21 bits per heavy atom. The van der Waals surface area contributed by atoms with Gasteiger partial charge in [-0.1, -0.05) is 102 Å². The summed E-state index contributed by atoms with van der Waals surface area (Å²) in [7, 11) is 0. The average molecular weight is 521 g/mol. The van der Waals surface area contributed by atoms with Crippen molar-refractivity contribution in [1.82, 2.24) is 4.57 Å². The Balaban J connectivity index is 1.82. The van der Waals surface area contributed by atoms with Crippen molar-refractivity contribution in [2.24, 2.45) is 0 Å². The lowest BCUT2D eigenvalue weighted by molar-refractivity contribution is -0.696. The molecule has 1 aromatic heterocycles. The van der Waals surface area contributed by atoms with Crippen LogP contribution in [0.15, 0.2) is 18.7 Å². The predicted octanol–water partition coefficient (Wildman–Crippen LogP) is 8.48. The third-order valence-corrected chi connectivity index (χ3v) is 7.02. The van der Waals surface area contributed by atoms with Gasteiger partial charge in [-0.25, -0.2) is 9.13 Å². The fourth-order valence-corrected chi connectivity index (χ4v) is 4.64. The van der Waals surface area contributed by atoms with Gasteiger partial charge in [0, 0.05) is 25.7 Å². The minimum absolute atomic E-state index is 0.383. The second kappa shape index (κ2) is 26.1. The number of unbranched alkanes of at least 4 members (excludes halogenated alkanes) is 17. The van der Waals surface area contributed by atoms with Gasteiger partial charge >= 0.3 is 0 Å². The van der Waals surface area contributed by atoms with Crippen LogP contribution in [0.5, 0.6) is 0 Å². The van der Waals surface area contributed by atoms with Gasteiger partial charge in [0.2, 0.25) is 6.33 Å². The zero-order chi connectivity index (χ0) is 27.4. The summed E-state index contributed by atoms with van der Waals surface area (Å²) in [5.74, 6) is 12.9. The van der Waals surface area contributed by atoms with E-state index in [1.54, 1.807) is 0 Å². The number of hydrogen-bond acceptors (Lipinski definition) is 2. The number of carbonyl (C=O) groups excluding carboxylic acids is 1. The van der Waals surface area contributed by atoms with Crippen LogP contribution >= 0.6 is 0 Å². The number of nitriles is 1. The molecule has 210 valence electrons. The molecule has 0 aromatic carbocycles. The minimum Gasteiger partial charge on any atom is -0.300 e. The Morgan fingerprint density at radius 3 is 1.76 bits per heavy atom. The molecule has 38 heavy (non-hydrogen) atoms. The summed E-state index contributed by atoms with van der Waals surface area (Å²) in [6.07, 6.45) is 31.9. The summed E-state index contributed by atoms with van der Waals surface area (Å²) in [5, 5.41) is 8.71. The molecule has 0 amide bonds. The van der Waals surface area contributed by atoms with Crippen molar-refractivity contribution in [3.8, 4) is 29.8 Å². The van der Waals surface area contributed by atoms with Gasteiger partial charge in [-0.3, -0.25) is 4.79 Å². The van der Waals surface area contributed by atoms with Gasteiger partial charge in [0.15, 0.2) is 6.54 Å². The third kappa shape index (κ3) is 21.6. The number of nitrogens with zero attached hydrogens (tertiary/aromatic N) is 3. The molecular formula is C34H54N3O+. The molecule has 0 radical (unpaired) electrons. The zero-order valence-electron chi connectivity index (χ0n) is 24.5. The molecule has 0 bridgehead atoms. The minimum atomic E-state index is 0.383. The maximum atomic E-state index is 12.1. The molecule has 1 heterocycles. The lowest BCUT2D eigenvalue weighted by Crippen LogP contribution is -2.30. The van der Waals surface area contributed by atoms with Crippen molar-refractivity contribution < 1.29 is 9.36 Å². The van der Waals surface area contributed by atoms with Crippen LogP contribution in [0, 0.1) is 35.0 Å². The number of aromatic nitrogens is 2. The summed E-state index contributed by atoms with van der Waals surface area (Å²) in [4.78, 5) is 12.1. The van der Waals surface area contributed by atoms with E-state index in [1.807, 2.05) is 23.3 Å².